The highest BCUT2D eigenvalue weighted by molar-refractivity contribution is 9.10. The number of nitrogens with two attached hydrogens (primary N) is 1. The van der Waals surface area contributed by atoms with Crippen molar-refractivity contribution in [3.63, 3.8) is 0 Å². The van der Waals surface area contributed by atoms with Crippen LogP contribution in [0.5, 0.6) is 5.75 Å². The minimum absolute atomic E-state index is 0.0250. The van der Waals surface area contributed by atoms with E-state index in [1.54, 1.807) is 0 Å². The maximum Gasteiger partial charge on any atom is 0.573 e. The van der Waals surface area contributed by atoms with Gasteiger partial charge in [0.15, 0.2) is 5.75 Å². The fourth-order valence-electron chi connectivity index (χ4n) is 0.943. The molecule has 0 aliphatic rings. The Morgan fingerprint density at radius 2 is 2.13 bits per heavy atom. The SMILES string of the molecule is NCc1cc(=O)[nH]c(Br)c1OC(F)(F)F. The van der Waals surface area contributed by atoms with Gasteiger partial charge in [-0.1, -0.05) is 0 Å². The van der Waals surface area contributed by atoms with E-state index in [-0.39, 0.29) is 16.7 Å². The molecule has 84 valence electrons. The summed E-state index contributed by atoms with van der Waals surface area (Å²) in [5.74, 6) is -0.524. The summed E-state index contributed by atoms with van der Waals surface area (Å²) in [6, 6.07) is 0.950. The first-order valence-electron chi connectivity index (χ1n) is 3.71. The lowest BCUT2D eigenvalue weighted by molar-refractivity contribution is -0.275. The molecule has 1 aromatic rings. The average molecular weight is 287 g/mol. The predicted molar refractivity (Wildman–Crippen MR) is 49.3 cm³/mol. The molecule has 0 saturated carbocycles. The molecular formula is C7H6BrF3N2O2. The van der Waals surface area contributed by atoms with E-state index in [0.29, 0.717) is 0 Å². The molecule has 0 aliphatic heterocycles. The second kappa shape index (κ2) is 4.23. The van der Waals surface area contributed by atoms with Crippen molar-refractivity contribution in [3.05, 3.63) is 26.6 Å². The largest absolute Gasteiger partial charge is 0.573 e. The molecule has 0 amide bonds. The molecule has 0 fully saturated rings. The second-order valence-corrected chi connectivity index (χ2v) is 3.35. The third-order valence-electron chi connectivity index (χ3n) is 1.47. The lowest BCUT2D eigenvalue weighted by atomic mass is 10.2. The summed E-state index contributed by atoms with van der Waals surface area (Å²) in [6.45, 7) is -0.228. The number of H-pyrrole nitrogens is 1. The van der Waals surface area contributed by atoms with E-state index in [0.717, 1.165) is 6.07 Å². The summed E-state index contributed by atoms with van der Waals surface area (Å²) in [5, 5.41) is 0. The Hall–Kier alpha value is -1.02. The molecule has 1 rings (SSSR count). The van der Waals surface area contributed by atoms with Crippen LogP contribution in [-0.4, -0.2) is 11.3 Å². The van der Waals surface area contributed by atoms with Crippen molar-refractivity contribution < 1.29 is 17.9 Å². The molecule has 0 aromatic carbocycles. The second-order valence-electron chi connectivity index (χ2n) is 2.55. The molecule has 0 atom stereocenters. The highest BCUT2D eigenvalue weighted by atomic mass is 79.9. The number of alkyl halides is 3. The van der Waals surface area contributed by atoms with Crippen LogP contribution in [0, 0.1) is 0 Å². The summed E-state index contributed by atoms with van der Waals surface area (Å²) in [4.78, 5) is 13.0. The average Bonchev–Trinajstić information content (AvgIpc) is 2.07. The van der Waals surface area contributed by atoms with Crippen LogP contribution >= 0.6 is 15.9 Å². The number of hydrogen-bond donors (Lipinski definition) is 2. The zero-order chi connectivity index (χ0) is 11.6. The van der Waals surface area contributed by atoms with Gasteiger partial charge in [-0.05, 0) is 15.9 Å². The maximum absolute atomic E-state index is 12.0. The molecule has 4 nitrogen and oxygen atoms in total. The van der Waals surface area contributed by atoms with E-state index >= 15 is 0 Å². The van der Waals surface area contributed by atoms with E-state index in [2.05, 4.69) is 25.7 Å². The van der Waals surface area contributed by atoms with Crippen LogP contribution in [0.1, 0.15) is 5.56 Å². The minimum Gasteiger partial charge on any atom is -0.403 e. The summed E-state index contributed by atoms with van der Waals surface area (Å²) in [6.07, 6.45) is -4.83. The number of halogens is 4. The van der Waals surface area contributed by atoms with Gasteiger partial charge < -0.3 is 15.5 Å². The number of aromatic nitrogens is 1. The predicted octanol–water partition coefficient (Wildman–Crippen LogP) is 1.49. The number of nitrogens with one attached hydrogen (secondary N) is 1. The Labute approximate surface area is 90.4 Å². The molecule has 0 unspecified atom stereocenters. The van der Waals surface area contributed by atoms with Crippen LogP contribution in [-0.2, 0) is 6.54 Å². The first-order valence-corrected chi connectivity index (χ1v) is 4.50. The van der Waals surface area contributed by atoms with E-state index in [1.807, 2.05) is 0 Å². The fraction of sp³-hybridized carbons (Fsp3) is 0.286. The van der Waals surface area contributed by atoms with E-state index in [1.165, 1.54) is 0 Å². The number of ether oxygens (including phenoxy) is 1. The van der Waals surface area contributed by atoms with Crippen molar-refractivity contribution >= 4 is 15.9 Å². The quantitative estimate of drug-likeness (QED) is 0.810. The van der Waals surface area contributed by atoms with Gasteiger partial charge in [0.2, 0.25) is 5.56 Å². The molecule has 3 N–H and O–H groups in total. The van der Waals surface area contributed by atoms with Crippen molar-refractivity contribution in [1.82, 2.24) is 4.98 Å². The lowest BCUT2D eigenvalue weighted by Crippen LogP contribution is -2.21. The van der Waals surface area contributed by atoms with Crippen LogP contribution < -0.4 is 16.0 Å². The molecule has 0 radical (unpaired) electrons. The number of pyridine rings is 1. The molecule has 15 heavy (non-hydrogen) atoms. The standard InChI is InChI=1S/C7H6BrF3N2O2/c8-6-5(15-7(9,10)11)3(2-12)1-4(14)13-6/h1H,2,12H2,(H,13,14). The number of hydrogen-bond acceptors (Lipinski definition) is 3. The Bertz CT molecular complexity index is 416. The molecule has 0 saturated heterocycles. The highest BCUT2D eigenvalue weighted by Crippen LogP contribution is 2.30. The van der Waals surface area contributed by atoms with Crippen molar-refractivity contribution in [2.45, 2.75) is 12.9 Å². The van der Waals surface area contributed by atoms with Gasteiger partial charge in [0.1, 0.15) is 4.60 Å². The Morgan fingerprint density at radius 1 is 1.53 bits per heavy atom. The van der Waals surface area contributed by atoms with Gasteiger partial charge in [-0.3, -0.25) is 4.79 Å². The molecule has 1 aromatic heterocycles. The van der Waals surface area contributed by atoms with E-state index < -0.39 is 17.7 Å². The number of rotatable bonds is 2. The molecule has 0 bridgehead atoms. The third kappa shape index (κ3) is 3.24. The van der Waals surface area contributed by atoms with Crippen LogP contribution in [0.25, 0.3) is 0 Å². The van der Waals surface area contributed by atoms with Crippen LogP contribution in [0.2, 0.25) is 0 Å². The van der Waals surface area contributed by atoms with Crippen LogP contribution in [0.3, 0.4) is 0 Å². The summed E-state index contributed by atoms with van der Waals surface area (Å²) >= 11 is 2.76. The van der Waals surface area contributed by atoms with Gasteiger partial charge in [-0.25, -0.2) is 0 Å². The lowest BCUT2D eigenvalue weighted by Gasteiger charge is -2.13. The Kier molecular flexibility index (Phi) is 3.40. The Balaban J connectivity index is 3.21. The van der Waals surface area contributed by atoms with Crippen molar-refractivity contribution in [1.29, 1.82) is 0 Å². The first-order chi connectivity index (χ1) is 6.83. The highest BCUT2D eigenvalue weighted by Gasteiger charge is 2.33. The fourth-order valence-corrected chi connectivity index (χ4v) is 1.47. The zero-order valence-corrected chi connectivity index (χ0v) is 8.78. The maximum atomic E-state index is 12.0. The molecule has 8 heteroatoms. The topological polar surface area (TPSA) is 68.1 Å². The summed E-state index contributed by atoms with van der Waals surface area (Å²) in [5.41, 5.74) is 4.60. The molecule has 0 aliphatic carbocycles. The van der Waals surface area contributed by atoms with E-state index in [9.17, 15) is 18.0 Å². The summed E-state index contributed by atoms with van der Waals surface area (Å²) in [7, 11) is 0. The van der Waals surface area contributed by atoms with Crippen molar-refractivity contribution in [2.75, 3.05) is 0 Å². The monoisotopic (exact) mass is 286 g/mol. The summed E-state index contributed by atoms with van der Waals surface area (Å²) < 4.78 is 39.4. The Morgan fingerprint density at radius 3 is 2.60 bits per heavy atom. The third-order valence-corrected chi connectivity index (χ3v) is 2.03. The van der Waals surface area contributed by atoms with E-state index in [4.69, 9.17) is 5.73 Å². The minimum atomic E-state index is -4.83. The zero-order valence-electron chi connectivity index (χ0n) is 7.19. The van der Waals surface area contributed by atoms with Crippen LogP contribution in [0.4, 0.5) is 13.2 Å². The van der Waals surface area contributed by atoms with Gasteiger partial charge in [-0.15, -0.1) is 13.2 Å². The van der Waals surface area contributed by atoms with Gasteiger partial charge in [0, 0.05) is 18.2 Å². The normalized spacial score (nSPS) is 11.5. The van der Waals surface area contributed by atoms with Crippen molar-refractivity contribution in [2.24, 2.45) is 5.73 Å². The van der Waals surface area contributed by atoms with Gasteiger partial charge >= 0.3 is 6.36 Å². The van der Waals surface area contributed by atoms with Gasteiger partial charge in [0.25, 0.3) is 0 Å². The smallest absolute Gasteiger partial charge is 0.403 e. The molecule has 1 heterocycles. The molecule has 0 spiro atoms. The first kappa shape index (κ1) is 12.1. The van der Waals surface area contributed by atoms with Crippen LogP contribution in [0.15, 0.2) is 15.5 Å². The molecular weight excluding hydrogens is 281 g/mol. The van der Waals surface area contributed by atoms with Crippen molar-refractivity contribution in [3.8, 4) is 5.75 Å². The number of aromatic amines is 1. The van der Waals surface area contributed by atoms with Gasteiger partial charge in [0.05, 0.1) is 0 Å². The van der Waals surface area contributed by atoms with Gasteiger partial charge in [-0.2, -0.15) is 0 Å².